The van der Waals surface area contributed by atoms with Gasteiger partial charge in [-0.3, -0.25) is 4.90 Å². The fraction of sp³-hybridized carbons (Fsp3) is 0.647. The Bertz CT molecular complexity index is 514. The molecule has 1 heterocycles. The molecule has 1 atom stereocenters. The topological polar surface area (TPSA) is 35.5 Å². The van der Waals surface area contributed by atoms with Crippen LogP contribution >= 0.6 is 15.9 Å². The summed E-state index contributed by atoms with van der Waals surface area (Å²) in [4.78, 5) is 2.20. The van der Waals surface area contributed by atoms with Gasteiger partial charge in [0.25, 0.3) is 0 Å². The highest BCUT2D eigenvalue weighted by Gasteiger charge is 2.36. The number of hydrogen-bond donors (Lipinski definition) is 2. The highest BCUT2D eigenvalue weighted by atomic mass is 79.9. The van der Waals surface area contributed by atoms with Crippen LogP contribution in [-0.4, -0.2) is 36.2 Å². The van der Waals surface area contributed by atoms with E-state index < -0.39 is 11.6 Å². The first-order valence-electron chi connectivity index (χ1n) is 8.40. The Kier molecular flexibility index (Phi) is 5.54. The summed E-state index contributed by atoms with van der Waals surface area (Å²) in [5.41, 5.74) is 0.130. The van der Waals surface area contributed by atoms with Gasteiger partial charge in [0.2, 0.25) is 0 Å². The van der Waals surface area contributed by atoms with Crippen molar-refractivity contribution in [1.29, 1.82) is 0 Å². The van der Waals surface area contributed by atoms with Crippen molar-refractivity contribution < 1.29 is 13.9 Å². The average molecular weight is 389 g/mol. The van der Waals surface area contributed by atoms with Crippen molar-refractivity contribution >= 4 is 15.9 Å². The quantitative estimate of drug-likeness (QED) is 0.769. The number of piperazine rings is 1. The van der Waals surface area contributed by atoms with Crippen LogP contribution in [0.4, 0.5) is 8.78 Å². The first-order chi connectivity index (χ1) is 11.1. The van der Waals surface area contributed by atoms with Crippen LogP contribution in [0.2, 0.25) is 0 Å². The van der Waals surface area contributed by atoms with Crippen molar-refractivity contribution in [2.24, 2.45) is 5.92 Å². The van der Waals surface area contributed by atoms with Crippen LogP contribution in [0.1, 0.15) is 43.7 Å². The van der Waals surface area contributed by atoms with E-state index in [1.807, 2.05) is 0 Å². The molecule has 128 valence electrons. The Balaban J connectivity index is 2.03. The molecule has 3 rings (SSSR count). The molecule has 0 unspecified atom stereocenters. The van der Waals surface area contributed by atoms with Gasteiger partial charge in [0.1, 0.15) is 5.75 Å². The number of nitrogens with zero attached hydrogens (tertiary/aromatic N) is 1. The van der Waals surface area contributed by atoms with Crippen molar-refractivity contribution in [1.82, 2.24) is 10.2 Å². The number of nitrogens with one attached hydrogen (secondary N) is 1. The molecule has 2 fully saturated rings. The van der Waals surface area contributed by atoms with Gasteiger partial charge >= 0.3 is 0 Å². The van der Waals surface area contributed by atoms with Crippen LogP contribution < -0.4 is 5.32 Å². The predicted octanol–water partition coefficient (Wildman–Crippen LogP) is 3.96. The molecule has 6 heteroatoms. The Morgan fingerprint density at radius 1 is 1.17 bits per heavy atom. The number of aromatic hydroxyl groups is 1. The maximum absolute atomic E-state index is 14.6. The maximum Gasteiger partial charge on any atom is 0.167 e. The lowest BCUT2D eigenvalue weighted by Gasteiger charge is -2.41. The predicted molar refractivity (Wildman–Crippen MR) is 89.5 cm³/mol. The van der Waals surface area contributed by atoms with Crippen molar-refractivity contribution in [2.75, 3.05) is 26.2 Å². The number of phenols is 1. The van der Waals surface area contributed by atoms with Gasteiger partial charge in [0.15, 0.2) is 11.6 Å². The SMILES string of the molecule is Oc1c(Br)cc(F)c(F)c1[C@@H](C1CCCCC1)N1CCNCC1. The first kappa shape index (κ1) is 17.1. The van der Waals surface area contributed by atoms with Crippen molar-refractivity contribution in [3.63, 3.8) is 0 Å². The minimum Gasteiger partial charge on any atom is -0.506 e. The number of benzene rings is 1. The summed E-state index contributed by atoms with van der Waals surface area (Å²) in [6.07, 6.45) is 5.44. The highest BCUT2D eigenvalue weighted by Crippen LogP contribution is 2.45. The zero-order chi connectivity index (χ0) is 16.4. The molecule has 1 aliphatic heterocycles. The molecule has 1 saturated carbocycles. The van der Waals surface area contributed by atoms with Crippen LogP contribution in [-0.2, 0) is 0 Å². The number of phenolic OH excluding ortho intramolecular Hbond substituents is 1. The molecular formula is C17H23BrF2N2O. The zero-order valence-corrected chi connectivity index (χ0v) is 14.7. The average Bonchev–Trinajstić information content (AvgIpc) is 2.58. The normalized spacial score (nSPS) is 22.2. The van der Waals surface area contributed by atoms with E-state index in [1.54, 1.807) is 0 Å². The smallest absolute Gasteiger partial charge is 0.167 e. The molecule has 0 radical (unpaired) electrons. The third kappa shape index (κ3) is 3.54. The van der Waals surface area contributed by atoms with E-state index >= 15 is 0 Å². The zero-order valence-electron chi connectivity index (χ0n) is 13.1. The molecule has 1 aromatic carbocycles. The summed E-state index contributed by atoms with van der Waals surface area (Å²) in [7, 11) is 0. The van der Waals surface area contributed by atoms with E-state index in [2.05, 4.69) is 26.1 Å². The van der Waals surface area contributed by atoms with E-state index in [4.69, 9.17) is 0 Å². The molecule has 1 aromatic rings. The minimum absolute atomic E-state index is 0.130. The van der Waals surface area contributed by atoms with Crippen LogP contribution in [0.15, 0.2) is 10.5 Å². The van der Waals surface area contributed by atoms with Gasteiger partial charge in [-0.15, -0.1) is 0 Å². The molecule has 3 nitrogen and oxygen atoms in total. The Labute approximate surface area is 144 Å². The van der Waals surface area contributed by atoms with Gasteiger partial charge < -0.3 is 10.4 Å². The molecular weight excluding hydrogens is 366 g/mol. The molecule has 23 heavy (non-hydrogen) atoms. The van der Waals surface area contributed by atoms with Gasteiger partial charge in [-0.1, -0.05) is 19.3 Å². The van der Waals surface area contributed by atoms with Crippen LogP contribution in [0, 0.1) is 17.6 Å². The Morgan fingerprint density at radius 2 is 1.83 bits per heavy atom. The van der Waals surface area contributed by atoms with Crippen LogP contribution in [0.3, 0.4) is 0 Å². The van der Waals surface area contributed by atoms with Gasteiger partial charge in [0.05, 0.1) is 10.0 Å². The monoisotopic (exact) mass is 388 g/mol. The molecule has 0 amide bonds. The van der Waals surface area contributed by atoms with Crippen LogP contribution in [0.5, 0.6) is 5.75 Å². The molecule has 1 aliphatic carbocycles. The van der Waals surface area contributed by atoms with Crippen molar-refractivity contribution in [3.8, 4) is 5.75 Å². The van der Waals surface area contributed by atoms with Gasteiger partial charge in [-0.05, 0) is 40.8 Å². The Hall–Kier alpha value is -0.720. The lowest BCUT2D eigenvalue weighted by Crippen LogP contribution is -2.47. The number of hydrogen-bond acceptors (Lipinski definition) is 3. The highest BCUT2D eigenvalue weighted by molar-refractivity contribution is 9.10. The van der Waals surface area contributed by atoms with E-state index in [1.165, 1.54) is 6.42 Å². The standard InChI is InChI=1S/C17H23BrF2N2O/c18-12-10-13(19)15(20)14(17(12)23)16(11-4-2-1-3-5-11)22-8-6-21-7-9-22/h10-11,16,21,23H,1-9H2/t16-/m1/s1. The number of halogens is 3. The third-order valence-corrected chi connectivity index (χ3v) is 5.72. The van der Waals surface area contributed by atoms with Crippen LogP contribution in [0.25, 0.3) is 0 Å². The van der Waals surface area contributed by atoms with Gasteiger partial charge in [-0.2, -0.15) is 0 Å². The third-order valence-electron chi connectivity index (χ3n) is 5.12. The second-order valence-electron chi connectivity index (χ2n) is 6.55. The molecule has 0 spiro atoms. The van der Waals surface area contributed by atoms with E-state index in [0.717, 1.165) is 57.9 Å². The molecule has 0 bridgehead atoms. The summed E-state index contributed by atoms with van der Waals surface area (Å²) < 4.78 is 28.8. The van der Waals surface area contributed by atoms with Crippen molar-refractivity contribution in [3.05, 3.63) is 27.7 Å². The molecule has 1 saturated heterocycles. The second-order valence-corrected chi connectivity index (χ2v) is 7.40. The fourth-order valence-electron chi connectivity index (χ4n) is 4.00. The van der Waals surface area contributed by atoms with Gasteiger partial charge in [-0.25, -0.2) is 8.78 Å². The number of rotatable bonds is 3. The van der Waals surface area contributed by atoms with E-state index in [0.29, 0.717) is 0 Å². The summed E-state index contributed by atoms with van der Waals surface area (Å²) in [6, 6.07) is 0.744. The minimum atomic E-state index is -0.903. The largest absolute Gasteiger partial charge is 0.506 e. The summed E-state index contributed by atoms with van der Waals surface area (Å²) in [6.45, 7) is 3.24. The lowest BCUT2D eigenvalue weighted by atomic mass is 9.79. The fourth-order valence-corrected chi connectivity index (χ4v) is 4.42. The first-order valence-corrected chi connectivity index (χ1v) is 9.20. The Morgan fingerprint density at radius 3 is 2.48 bits per heavy atom. The molecule has 2 aliphatic rings. The van der Waals surface area contributed by atoms with E-state index in [-0.39, 0.29) is 27.7 Å². The second kappa shape index (κ2) is 7.45. The summed E-state index contributed by atoms with van der Waals surface area (Å²) in [5, 5.41) is 13.7. The lowest BCUT2D eigenvalue weighted by molar-refractivity contribution is 0.0977. The maximum atomic E-state index is 14.6. The van der Waals surface area contributed by atoms with E-state index in [9.17, 15) is 13.9 Å². The van der Waals surface area contributed by atoms with Gasteiger partial charge in [0, 0.05) is 32.2 Å². The molecule has 0 aromatic heterocycles. The summed E-state index contributed by atoms with van der Waals surface area (Å²) in [5.74, 6) is -1.70. The molecule has 2 N–H and O–H groups in total. The summed E-state index contributed by atoms with van der Waals surface area (Å²) >= 11 is 3.16. The van der Waals surface area contributed by atoms with Crippen molar-refractivity contribution in [2.45, 2.75) is 38.1 Å².